The molecule has 1 N–H and O–H groups in total. The quantitative estimate of drug-likeness (QED) is 0.873. The monoisotopic (exact) mass is 241 g/mol. The number of hydrogen-bond acceptors (Lipinski definition) is 4. The lowest BCUT2D eigenvalue weighted by molar-refractivity contribution is -0.157. The number of aliphatic carboxylic acids is 1. The Morgan fingerprint density at radius 2 is 2.56 bits per heavy atom. The highest BCUT2D eigenvalue weighted by Gasteiger charge is 2.29. The summed E-state index contributed by atoms with van der Waals surface area (Å²) in [6, 6.07) is 4.37. The normalized spacial score (nSPS) is 24.2. The van der Waals surface area contributed by atoms with Gasteiger partial charge in [0, 0.05) is 24.0 Å². The Labute approximate surface area is 98.4 Å². The summed E-state index contributed by atoms with van der Waals surface area (Å²) in [4.78, 5) is 14.3. The van der Waals surface area contributed by atoms with Gasteiger partial charge in [0.2, 0.25) is 0 Å². The van der Waals surface area contributed by atoms with Crippen LogP contribution >= 0.6 is 11.3 Å². The van der Waals surface area contributed by atoms with Gasteiger partial charge in [-0.15, -0.1) is 11.3 Å². The lowest BCUT2D eigenvalue weighted by Crippen LogP contribution is -2.46. The molecule has 0 spiro atoms. The van der Waals surface area contributed by atoms with Gasteiger partial charge in [-0.2, -0.15) is 0 Å². The van der Waals surface area contributed by atoms with Crippen LogP contribution in [0, 0.1) is 0 Å². The second-order valence-electron chi connectivity index (χ2n) is 3.88. The first kappa shape index (κ1) is 11.6. The molecule has 1 aromatic heterocycles. The van der Waals surface area contributed by atoms with Gasteiger partial charge < -0.3 is 9.84 Å². The number of carboxylic acids is 1. The minimum atomic E-state index is -0.872. The van der Waals surface area contributed by atoms with Gasteiger partial charge >= 0.3 is 5.97 Å². The average molecular weight is 241 g/mol. The Morgan fingerprint density at radius 1 is 1.75 bits per heavy atom. The summed E-state index contributed by atoms with van der Waals surface area (Å²) in [7, 11) is 0. The van der Waals surface area contributed by atoms with E-state index in [9.17, 15) is 4.79 Å². The molecule has 4 nitrogen and oxygen atoms in total. The predicted octanol–water partition coefficient (Wildman–Crippen LogP) is 1.59. The minimum Gasteiger partial charge on any atom is -0.479 e. The average Bonchev–Trinajstić information content (AvgIpc) is 2.81. The zero-order chi connectivity index (χ0) is 11.5. The summed E-state index contributed by atoms with van der Waals surface area (Å²) in [6.07, 6.45) is -0.684. The van der Waals surface area contributed by atoms with E-state index in [1.165, 1.54) is 4.88 Å². The fourth-order valence-corrected chi connectivity index (χ4v) is 2.70. The maximum Gasteiger partial charge on any atom is 0.334 e. The van der Waals surface area contributed by atoms with Crippen LogP contribution in [-0.4, -0.2) is 41.8 Å². The molecular formula is C11H15NO3S. The van der Waals surface area contributed by atoms with Crippen LogP contribution in [0.25, 0.3) is 0 Å². The number of carbonyl (C=O) groups is 1. The zero-order valence-electron chi connectivity index (χ0n) is 9.13. The van der Waals surface area contributed by atoms with Crippen molar-refractivity contribution in [1.29, 1.82) is 0 Å². The van der Waals surface area contributed by atoms with Gasteiger partial charge in [-0.1, -0.05) is 6.07 Å². The number of thiophene rings is 1. The third-order valence-corrected chi connectivity index (χ3v) is 3.92. The Bertz CT molecular complexity index is 352. The minimum absolute atomic E-state index is 0.269. The smallest absolute Gasteiger partial charge is 0.334 e. The highest BCUT2D eigenvalue weighted by Crippen LogP contribution is 2.26. The van der Waals surface area contributed by atoms with E-state index in [1.54, 1.807) is 11.3 Å². The van der Waals surface area contributed by atoms with Gasteiger partial charge in [-0.05, 0) is 18.4 Å². The molecule has 2 unspecified atom stereocenters. The second-order valence-corrected chi connectivity index (χ2v) is 4.86. The third kappa shape index (κ3) is 2.42. The van der Waals surface area contributed by atoms with Gasteiger partial charge in [0.05, 0.1) is 6.61 Å². The highest BCUT2D eigenvalue weighted by atomic mass is 32.1. The summed E-state index contributed by atoms with van der Waals surface area (Å²) >= 11 is 1.70. The lowest BCUT2D eigenvalue weighted by atomic mass is 10.2. The summed E-state index contributed by atoms with van der Waals surface area (Å²) in [5.74, 6) is -0.872. The molecule has 88 valence electrons. The maximum atomic E-state index is 10.9. The van der Waals surface area contributed by atoms with Crippen LogP contribution in [-0.2, 0) is 9.53 Å². The number of morpholine rings is 1. The molecule has 5 heteroatoms. The lowest BCUT2D eigenvalue weighted by Gasteiger charge is -2.34. The van der Waals surface area contributed by atoms with Crippen LogP contribution in [0.15, 0.2) is 17.5 Å². The SMILES string of the molecule is CC(c1cccs1)N1CCOC(C(=O)O)C1. The Kier molecular flexibility index (Phi) is 3.58. The van der Waals surface area contributed by atoms with Crippen molar-refractivity contribution in [1.82, 2.24) is 4.90 Å². The van der Waals surface area contributed by atoms with Crippen LogP contribution in [0.2, 0.25) is 0 Å². The molecule has 0 bridgehead atoms. The van der Waals surface area contributed by atoms with Gasteiger partial charge in [-0.25, -0.2) is 4.79 Å². The molecule has 0 amide bonds. The van der Waals surface area contributed by atoms with E-state index in [-0.39, 0.29) is 6.04 Å². The van der Waals surface area contributed by atoms with Crippen molar-refractivity contribution in [2.45, 2.75) is 19.1 Å². The number of nitrogens with zero attached hydrogens (tertiary/aromatic N) is 1. The maximum absolute atomic E-state index is 10.9. The first-order valence-corrected chi connectivity index (χ1v) is 6.18. The van der Waals surface area contributed by atoms with Crippen LogP contribution in [0.1, 0.15) is 17.8 Å². The van der Waals surface area contributed by atoms with Crippen molar-refractivity contribution in [3.8, 4) is 0 Å². The number of carboxylic acid groups (broad SMARTS) is 1. The number of hydrogen-bond donors (Lipinski definition) is 1. The molecule has 1 aliphatic rings. The summed E-state index contributed by atoms with van der Waals surface area (Å²) in [5, 5.41) is 11.0. The molecule has 2 heterocycles. The molecule has 2 atom stereocenters. The van der Waals surface area contributed by atoms with E-state index >= 15 is 0 Å². The first-order valence-electron chi connectivity index (χ1n) is 5.30. The van der Waals surface area contributed by atoms with E-state index in [0.717, 1.165) is 6.54 Å². The zero-order valence-corrected chi connectivity index (χ0v) is 9.94. The van der Waals surface area contributed by atoms with E-state index < -0.39 is 12.1 Å². The van der Waals surface area contributed by atoms with E-state index in [1.807, 2.05) is 11.4 Å². The molecule has 0 aliphatic carbocycles. The Morgan fingerprint density at radius 3 is 3.19 bits per heavy atom. The Balaban J connectivity index is 2.01. The standard InChI is InChI=1S/C11H15NO3S/c1-8(10-3-2-6-16-10)12-4-5-15-9(7-12)11(13)14/h2-3,6,8-9H,4-5,7H2,1H3,(H,13,14). The van der Waals surface area contributed by atoms with Gasteiger partial charge in [-0.3, -0.25) is 4.90 Å². The third-order valence-electron chi connectivity index (χ3n) is 2.88. The van der Waals surface area contributed by atoms with Crippen molar-refractivity contribution < 1.29 is 14.6 Å². The fraction of sp³-hybridized carbons (Fsp3) is 0.545. The second kappa shape index (κ2) is 4.95. The van der Waals surface area contributed by atoms with Crippen molar-refractivity contribution in [2.75, 3.05) is 19.7 Å². The Hall–Kier alpha value is -0.910. The van der Waals surface area contributed by atoms with Crippen LogP contribution in [0.3, 0.4) is 0 Å². The van der Waals surface area contributed by atoms with Crippen molar-refractivity contribution in [3.63, 3.8) is 0 Å². The summed E-state index contributed by atoms with van der Waals surface area (Å²) in [5.41, 5.74) is 0. The van der Waals surface area contributed by atoms with Crippen LogP contribution in [0.5, 0.6) is 0 Å². The topological polar surface area (TPSA) is 49.8 Å². The molecular weight excluding hydrogens is 226 g/mol. The van der Waals surface area contributed by atoms with Gasteiger partial charge in [0.25, 0.3) is 0 Å². The molecule has 1 aliphatic heterocycles. The summed E-state index contributed by atoms with van der Waals surface area (Å²) in [6.45, 7) is 3.86. The number of ether oxygens (including phenoxy) is 1. The van der Waals surface area contributed by atoms with Crippen molar-refractivity contribution in [3.05, 3.63) is 22.4 Å². The molecule has 0 radical (unpaired) electrons. The van der Waals surface area contributed by atoms with Crippen molar-refractivity contribution >= 4 is 17.3 Å². The van der Waals surface area contributed by atoms with Crippen LogP contribution in [0.4, 0.5) is 0 Å². The van der Waals surface area contributed by atoms with Gasteiger partial charge in [0.15, 0.2) is 6.10 Å². The van der Waals surface area contributed by atoms with Crippen LogP contribution < -0.4 is 0 Å². The van der Waals surface area contributed by atoms with Gasteiger partial charge in [0.1, 0.15) is 0 Å². The molecule has 1 aromatic rings. The predicted molar refractivity (Wildman–Crippen MR) is 61.7 cm³/mol. The fourth-order valence-electron chi connectivity index (χ4n) is 1.88. The summed E-state index contributed by atoms with van der Waals surface area (Å²) < 4.78 is 5.20. The molecule has 0 aromatic carbocycles. The van der Waals surface area contributed by atoms with E-state index in [4.69, 9.17) is 9.84 Å². The molecule has 1 saturated heterocycles. The first-order chi connectivity index (χ1) is 7.68. The number of rotatable bonds is 3. The molecule has 2 rings (SSSR count). The van der Waals surface area contributed by atoms with E-state index in [0.29, 0.717) is 13.2 Å². The largest absolute Gasteiger partial charge is 0.479 e. The van der Waals surface area contributed by atoms with Crippen molar-refractivity contribution in [2.24, 2.45) is 0 Å². The molecule has 1 fully saturated rings. The molecule has 16 heavy (non-hydrogen) atoms. The van der Waals surface area contributed by atoms with E-state index in [2.05, 4.69) is 17.9 Å². The molecule has 0 saturated carbocycles. The highest BCUT2D eigenvalue weighted by molar-refractivity contribution is 7.10.